The van der Waals surface area contributed by atoms with Crippen LogP contribution in [0, 0.1) is 0 Å². The first-order valence-corrected chi connectivity index (χ1v) is 4.68. The minimum Gasteiger partial charge on any atom is -0.370 e. The highest BCUT2D eigenvalue weighted by molar-refractivity contribution is 5.45. The third-order valence-electron chi connectivity index (χ3n) is 1.63. The molecule has 1 heterocycles. The second-order valence-electron chi connectivity index (χ2n) is 3.03. The summed E-state index contributed by atoms with van der Waals surface area (Å²) < 4.78 is 39.6. The van der Waals surface area contributed by atoms with Gasteiger partial charge in [-0.3, -0.25) is 0 Å². The number of hydrogen-bond acceptors (Lipinski definition) is 6. The number of halogens is 3. The number of ether oxygens (including phenoxy) is 1. The van der Waals surface area contributed by atoms with Crippen LogP contribution < -0.4 is 16.6 Å². The molecule has 17 heavy (non-hydrogen) atoms. The summed E-state index contributed by atoms with van der Waals surface area (Å²) >= 11 is 0. The van der Waals surface area contributed by atoms with Crippen molar-refractivity contribution in [3.8, 4) is 0 Å². The monoisotopic (exact) mass is 251 g/mol. The standard InChI is InChI=1S/C8H12F3N5O/c9-8(10,11)4-17-2-1-13-6-3-7(16-12)15-5-14-6/h3,5H,1-2,4,12H2,(H2,13,14,15,16). The molecule has 0 saturated heterocycles. The summed E-state index contributed by atoms with van der Waals surface area (Å²) in [5, 5.41) is 2.77. The zero-order chi connectivity index (χ0) is 12.7. The SMILES string of the molecule is NNc1cc(NCCOCC(F)(F)F)ncn1. The Balaban J connectivity index is 2.22. The fourth-order valence-corrected chi connectivity index (χ4v) is 0.972. The molecule has 1 aromatic rings. The van der Waals surface area contributed by atoms with E-state index in [1.54, 1.807) is 0 Å². The predicted octanol–water partition coefficient (Wildman–Crippen LogP) is 0.753. The minimum absolute atomic E-state index is 0.0745. The van der Waals surface area contributed by atoms with Crippen molar-refractivity contribution in [2.75, 3.05) is 30.5 Å². The lowest BCUT2D eigenvalue weighted by Gasteiger charge is -2.09. The average Bonchev–Trinajstić information content (AvgIpc) is 2.27. The summed E-state index contributed by atoms with van der Waals surface area (Å²) in [5.74, 6) is 5.97. The van der Waals surface area contributed by atoms with Gasteiger partial charge in [0.15, 0.2) is 0 Å². The van der Waals surface area contributed by atoms with Crippen LogP contribution in [0.2, 0.25) is 0 Å². The molecule has 4 N–H and O–H groups in total. The van der Waals surface area contributed by atoms with Gasteiger partial charge in [-0.25, -0.2) is 15.8 Å². The number of hydrazine groups is 1. The Morgan fingerprint density at radius 2 is 2.00 bits per heavy atom. The number of aromatic nitrogens is 2. The Morgan fingerprint density at radius 1 is 1.29 bits per heavy atom. The number of nitrogen functional groups attached to an aromatic ring is 1. The van der Waals surface area contributed by atoms with E-state index in [9.17, 15) is 13.2 Å². The van der Waals surface area contributed by atoms with E-state index in [1.807, 2.05) is 0 Å². The van der Waals surface area contributed by atoms with E-state index in [4.69, 9.17) is 5.84 Å². The summed E-state index contributed by atoms with van der Waals surface area (Å²) in [6.07, 6.45) is -3.03. The maximum absolute atomic E-state index is 11.7. The van der Waals surface area contributed by atoms with Gasteiger partial charge >= 0.3 is 6.18 Å². The van der Waals surface area contributed by atoms with Crippen LogP contribution in [0.15, 0.2) is 12.4 Å². The molecular formula is C8H12F3N5O. The van der Waals surface area contributed by atoms with Crippen LogP contribution in [0.5, 0.6) is 0 Å². The van der Waals surface area contributed by atoms with Crippen molar-refractivity contribution in [1.29, 1.82) is 0 Å². The van der Waals surface area contributed by atoms with E-state index in [0.29, 0.717) is 11.6 Å². The summed E-state index contributed by atoms with van der Waals surface area (Å²) in [5.41, 5.74) is 2.32. The van der Waals surface area contributed by atoms with Crippen LogP contribution in [0.1, 0.15) is 0 Å². The molecular weight excluding hydrogens is 239 g/mol. The summed E-state index contributed by atoms with van der Waals surface area (Å²) in [6, 6.07) is 1.52. The van der Waals surface area contributed by atoms with E-state index < -0.39 is 12.8 Å². The van der Waals surface area contributed by atoms with Crippen LogP contribution in [0.25, 0.3) is 0 Å². The minimum atomic E-state index is -4.30. The van der Waals surface area contributed by atoms with Gasteiger partial charge in [0.2, 0.25) is 0 Å². The van der Waals surface area contributed by atoms with Crippen LogP contribution in [-0.2, 0) is 4.74 Å². The number of nitrogens with two attached hydrogens (primary N) is 1. The molecule has 0 aliphatic carbocycles. The molecule has 0 spiro atoms. The van der Waals surface area contributed by atoms with E-state index in [1.165, 1.54) is 12.4 Å². The van der Waals surface area contributed by atoms with E-state index in [2.05, 4.69) is 25.4 Å². The Kier molecular flexibility index (Phi) is 4.91. The van der Waals surface area contributed by atoms with Gasteiger partial charge in [-0.15, -0.1) is 0 Å². The van der Waals surface area contributed by atoms with Crippen molar-refractivity contribution >= 4 is 11.6 Å². The molecule has 0 aromatic carbocycles. The van der Waals surface area contributed by atoms with Crippen molar-refractivity contribution in [2.24, 2.45) is 5.84 Å². The molecule has 9 heteroatoms. The highest BCUT2D eigenvalue weighted by Crippen LogP contribution is 2.14. The van der Waals surface area contributed by atoms with Crippen molar-refractivity contribution in [3.63, 3.8) is 0 Å². The van der Waals surface area contributed by atoms with Gasteiger partial charge in [0.1, 0.15) is 24.6 Å². The normalized spacial score (nSPS) is 11.3. The number of nitrogens with one attached hydrogen (secondary N) is 2. The summed E-state index contributed by atoms with van der Waals surface area (Å²) in [4.78, 5) is 7.61. The van der Waals surface area contributed by atoms with Gasteiger partial charge in [-0.1, -0.05) is 0 Å². The molecule has 1 aromatic heterocycles. The maximum atomic E-state index is 11.7. The fraction of sp³-hybridized carbons (Fsp3) is 0.500. The number of anilines is 2. The van der Waals surface area contributed by atoms with E-state index in [-0.39, 0.29) is 13.2 Å². The molecule has 0 bridgehead atoms. The van der Waals surface area contributed by atoms with Crippen molar-refractivity contribution in [2.45, 2.75) is 6.18 Å². The lowest BCUT2D eigenvalue weighted by molar-refractivity contribution is -0.172. The summed E-state index contributed by atoms with van der Waals surface area (Å²) in [6.45, 7) is -1.12. The largest absolute Gasteiger partial charge is 0.411 e. The van der Waals surface area contributed by atoms with Crippen LogP contribution in [0.3, 0.4) is 0 Å². The van der Waals surface area contributed by atoms with Crippen LogP contribution in [0.4, 0.5) is 24.8 Å². The number of rotatable bonds is 6. The van der Waals surface area contributed by atoms with E-state index in [0.717, 1.165) is 0 Å². The van der Waals surface area contributed by atoms with Crippen LogP contribution >= 0.6 is 0 Å². The van der Waals surface area contributed by atoms with Gasteiger partial charge in [0.05, 0.1) is 6.61 Å². The average molecular weight is 251 g/mol. The maximum Gasteiger partial charge on any atom is 0.411 e. The zero-order valence-electron chi connectivity index (χ0n) is 8.79. The molecule has 96 valence electrons. The number of alkyl halides is 3. The molecule has 6 nitrogen and oxygen atoms in total. The Bertz CT molecular complexity index is 346. The van der Waals surface area contributed by atoms with Gasteiger partial charge in [-0.05, 0) is 0 Å². The first-order valence-electron chi connectivity index (χ1n) is 4.68. The van der Waals surface area contributed by atoms with Crippen molar-refractivity contribution in [1.82, 2.24) is 9.97 Å². The third kappa shape index (κ3) is 5.88. The quantitative estimate of drug-likeness (QED) is 0.393. The molecule has 0 aliphatic heterocycles. The zero-order valence-corrected chi connectivity index (χ0v) is 8.79. The lowest BCUT2D eigenvalue weighted by Crippen LogP contribution is -2.20. The smallest absolute Gasteiger partial charge is 0.370 e. The first-order chi connectivity index (χ1) is 8.01. The topological polar surface area (TPSA) is 85.1 Å². The highest BCUT2D eigenvalue weighted by atomic mass is 19.4. The predicted molar refractivity (Wildman–Crippen MR) is 55.2 cm³/mol. The fourth-order valence-electron chi connectivity index (χ4n) is 0.972. The number of hydrogen-bond donors (Lipinski definition) is 3. The Labute approximate surface area is 95.4 Å². The third-order valence-corrected chi connectivity index (χ3v) is 1.63. The molecule has 0 saturated carbocycles. The Morgan fingerprint density at radius 3 is 2.65 bits per heavy atom. The van der Waals surface area contributed by atoms with Gasteiger partial charge < -0.3 is 15.5 Å². The molecule has 0 atom stereocenters. The second-order valence-corrected chi connectivity index (χ2v) is 3.03. The molecule has 0 radical (unpaired) electrons. The van der Waals surface area contributed by atoms with Gasteiger partial charge in [-0.2, -0.15) is 13.2 Å². The van der Waals surface area contributed by atoms with Gasteiger partial charge in [0.25, 0.3) is 0 Å². The molecule has 0 amide bonds. The molecule has 0 aliphatic rings. The lowest BCUT2D eigenvalue weighted by atomic mass is 10.5. The number of nitrogens with zero attached hydrogens (tertiary/aromatic N) is 2. The summed E-state index contributed by atoms with van der Waals surface area (Å²) in [7, 11) is 0. The van der Waals surface area contributed by atoms with Crippen molar-refractivity contribution in [3.05, 3.63) is 12.4 Å². The van der Waals surface area contributed by atoms with Crippen LogP contribution in [-0.4, -0.2) is 35.9 Å². The Hall–Kier alpha value is -1.61. The molecule has 1 rings (SSSR count). The van der Waals surface area contributed by atoms with E-state index >= 15 is 0 Å². The van der Waals surface area contributed by atoms with Crippen molar-refractivity contribution < 1.29 is 17.9 Å². The molecule has 0 fully saturated rings. The highest BCUT2D eigenvalue weighted by Gasteiger charge is 2.27. The second kappa shape index (κ2) is 6.21. The van der Waals surface area contributed by atoms with Gasteiger partial charge in [0, 0.05) is 12.6 Å². The first kappa shape index (κ1) is 13.5. The molecule has 0 unspecified atom stereocenters.